The molecule has 126 valence electrons. The Labute approximate surface area is 135 Å². The van der Waals surface area contributed by atoms with E-state index in [0.29, 0.717) is 24.9 Å². The maximum Gasteiger partial charge on any atom is 0.326 e. The van der Waals surface area contributed by atoms with Crippen molar-refractivity contribution in [3.8, 4) is 0 Å². The summed E-state index contributed by atoms with van der Waals surface area (Å²) in [7, 11) is -3.67. The summed E-state index contributed by atoms with van der Waals surface area (Å²) in [5, 5.41) is 9.20. The van der Waals surface area contributed by atoms with E-state index in [9.17, 15) is 23.1 Å². The Balaban J connectivity index is 2.39. The highest BCUT2D eigenvalue weighted by Gasteiger charge is 2.35. The Morgan fingerprint density at radius 1 is 1.39 bits per heavy atom. The lowest BCUT2D eigenvalue weighted by Gasteiger charge is -2.22. The lowest BCUT2D eigenvalue weighted by atomic mass is 10.1. The summed E-state index contributed by atoms with van der Waals surface area (Å²) in [6, 6.07) is 3.45. The molecule has 0 aromatic heterocycles. The van der Waals surface area contributed by atoms with Crippen molar-refractivity contribution >= 4 is 21.9 Å². The Morgan fingerprint density at radius 2 is 2.09 bits per heavy atom. The van der Waals surface area contributed by atoms with Gasteiger partial charge in [0.25, 0.3) is 5.91 Å². The van der Waals surface area contributed by atoms with Gasteiger partial charge in [-0.3, -0.25) is 4.79 Å². The number of amides is 1. The first-order chi connectivity index (χ1) is 10.8. The van der Waals surface area contributed by atoms with Gasteiger partial charge in [-0.15, -0.1) is 0 Å². The molecule has 1 fully saturated rings. The number of nitrogens with zero attached hydrogens (tertiary/aromatic N) is 1. The first kappa shape index (κ1) is 17.4. The molecule has 1 aromatic rings. The molecule has 23 heavy (non-hydrogen) atoms. The van der Waals surface area contributed by atoms with Crippen LogP contribution in [0.4, 0.5) is 0 Å². The number of carboxylic acids is 1. The molecule has 1 aromatic carbocycles. The Morgan fingerprint density at radius 3 is 2.70 bits per heavy atom. The fourth-order valence-corrected chi connectivity index (χ4v) is 3.76. The van der Waals surface area contributed by atoms with Crippen molar-refractivity contribution < 1.29 is 23.1 Å². The van der Waals surface area contributed by atoms with Gasteiger partial charge in [-0.1, -0.05) is 13.0 Å². The molecule has 1 saturated heterocycles. The number of rotatable bonds is 5. The van der Waals surface area contributed by atoms with Crippen LogP contribution >= 0.6 is 0 Å². The molecular formula is C15H20N2O5S. The van der Waals surface area contributed by atoms with E-state index in [1.165, 1.54) is 17.0 Å². The number of benzene rings is 1. The van der Waals surface area contributed by atoms with Crippen LogP contribution in [0.25, 0.3) is 0 Å². The van der Waals surface area contributed by atoms with Crippen LogP contribution < -0.4 is 4.72 Å². The highest BCUT2D eigenvalue weighted by molar-refractivity contribution is 7.89. The van der Waals surface area contributed by atoms with E-state index >= 15 is 0 Å². The van der Waals surface area contributed by atoms with E-state index < -0.39 is 27.9 Å². The standard InChI is InChI=1S/C15H20N2O5S/c1-3-16-23(21,22)11-7-6-10(2)12(9-11)14(18)17-8-4-5-13(17)15(19)20/h6-7,9,13,16H,3-5,8H2,1-2H3,(H,19,20)/t13-/m0/s1. The van der Waals surface area contributed by atoms with Crippen LogP contribution in [0.2, 0.25) is 0 Å². The minimum Gasteiger partial charge on any atom is -0.480 e. The molecule has 0 saturated carbocycles. The van der Waals surface area contributed by atoms with Crippen molar-refractivity contribution in [2.24, 2.45) is 0 Å². The molecule has 0 bridgehead atoms. The number of sulfonamides is 1. The Bertz CT molecular complexity index is 729. The second-order valence-electron chi connectivity index (χ2n) is 5.47. The molecule has 1 atom stereocenters. The molecule has 0 aliphatic carbocycles. The molecule has 0 unspecified atom stereocenters. The molecule has 7 nitrogen and oxygen atoms in total. The normalized spacial score (nSPS) is 18.2. The van der Waals surface area contributed by atoms with Gasteiger partial charge in [0.2, 0.25) is 10.0 Å². The molecule has 1 heterocycles. The minimum atomic E-state index is -3.67. The van der Waals surface area contributed by atoms with Gasteiger partial charge in [-0.2, -0.15) is 0 Å². The second-order valence-corrected chi connectivity index (χ2v) is 7.24. The minimum absolute atomic E-state index is 0.000582. The summed E-state index contributed by atoms with van der Waals surface area (Å²) < 4.78 is 26.5. The number of carboxylic acid groups (broad SMARTS) is 1. The van der Waals surface area contributed by atoms with Crippen LogP contribution in [-0.2, 0) is 14.8 Å². The van der Waals surface area contributed by atoms with Crippen LogP contribution in [0, 0.1) is 6.92 Å². The first-order valence-corrected chi connectivity index (χ1v) is 8.90. The van der Waals surface area contributed by atoms with Crippen molar-refractivity contribution in [2.75, 3.05) is 13.1 Å². The summed E-state index contributed by atoms with van der Waals surface area (Å²) in [6.07, 6.45) is 1.03. The summed E-state index contributed by atoms with van der Waals surface area (Å²) in [4.78, 5) is 25.2. The van der Waals surface area contributed by atoms with Gasteiger partial charge in [0, 0.05) is 18.7 Å². The van der Waals surface area contributed by atoms with Gasteiger partial charge >= 0.3 is 5.97 Å². The van der Waals surface area contributed by atoms with Gasteiger partial charge < -0.3 is 10.0 Å². The van der Waals surface area contributed by atoms with E-state index in [0.717, 1.165) is 0 Å². The maximum absolute atomic E-state index is 12.7. The predicted molar refractivity (Wildman–Crippen MR) is 83.7 cm³/mol. The largest absolute Gasteiger partial charge is 0.480 e. The third-order valence-electron chi connectivity index (χ3n) is 3.88. The van der Waals surface area contributed by atoms with Crippen LogP contribution in [-0.4, -0.2) is 49.4 Å². The summed E-state index contributed by atoms with van der Waals surface area (Å²) in [5.74, 6) is -1.48. The van der Waals surface area contributed by atoms with Crippen molar-refractivity contribution in [3.63, 3.8) is 0 Å². The zero-order valence-corrected chi connectivity index (χ0v) is 13.9. The molecule has 1 aliphatic heterocycles. The van der Waals surface area contributed by atoms with Crippen LogP contribution in [0.15, 0.2) is 23.1 Å². The SMILES string of the molecule is CCNS(=O)(=O)c1ccc(C)c(C(=O)N2CCC[C@H]2C(=O)O)c1. The molecule has 2 rings (SSSR count). The Kier molecular flexibility index (Phi) is 5.06. The van der Waals surface area contributed by atoms with Gasteiger partial charge in [0.1, 0.15) is 6.04 Å². The van der Waals surface area contributed by atoms with Gasteiger partial charge in [-0.25, -0.2) is 17.9 Å². The highest BCUT2D eigenvalue weighted by Crippen LogP contribution is 2.23. The molecule has 1 amide bonds. The molecule has 1 aliphatic rings. The summed E-state index contributed by atoms with van der Waals surface area (Å²) in [5.41, 5.74) is 0.832. The average Bonchev–Trinajstić information content (AvgIpc) is 2.96. The lowest BCUT2D eigenvalue weighted by molar-refractivity contribution is -0.141. The van der Waals surface area contributed by atoms with Gasteiger partial charge in [0.15, 0.2) is 0 Å². The third kappa shape index (κ3) is 3.53. The monoisotopic (exact) mass is 340 g/mol. The fourth-order valence-electron chi connectivity index (χ4n) is 2.69. The highest BCUT2D eigenvalue weighted by atomic mass is 32.2. The maximum atomic E-state index is 12.7. The number of nitrogens with one attached hydrogen (secondary N) is 1. The fraction of sp³-hybridized carbons (Fsp3) is 0.467. The van der Waals surface area contributed by atoms with Crippen molar-refractivity contribution in [1.82, 2.24) is 9.62 Å². The first-order valence-electron chi connectivity index (χ1n) is 7.42. The lowest BCUT2D eigenvalue weighted by Crippen LogP contribution is -2.40. The second kappa shape index (κ2) is 6.67. The Hall–Kier alpha value is -1.93. The van der Waals surface area contributed by atoms with E-state index in [2.05, 4.69) is 4.72 Å². The molecule has 0 spiro atoms. The average molecular weight is 340 g/mol. The quantitative estimate of drug-likeness (QED) is 0.831. The van der Waals surface area contributed by atoms with Gasteiger partial charge in [0.05, 0.1) is 4.90 Å². The number of aliphatic carboxylic acids is 1. The topological polar surface area (TPSA) is 104 Å². The number of carbonyl (C=O) groups excluding carboxylic acids is 1. The molecular weight excluding hydrogens is 320 g/mol. The molecule has 2 N–H and O–H groups in total. The predicted octanol–water partition coefficient (Wildman–Crippen LogP) is 0.982. The summed E-state index contributed by atoms with van der Waals surface area (Å²) in [6.45, 7) is 3.97. The number of carbonyl (C=O) groups is 2. The van der Waals surface area contributed by atoms with Crippen molar-refractivity contribution in [1.29, 1.82) is 0 Å². The number of hydrogen-bond acceptors (Lipinski definition) is 4. The van der Waals surface area contributed by atoms with E-state index in [4.69, 9.17) is 0 Å². The zero-order valence-electron chi connectivity index (χ0n) is 13.1. The van der Waals surface area contributed by atoms with E-state index in [1.807, 2.05) is 0 Å². The molecule has 0 radical (unpaired) electrons. The zero-order chi connectivity index (χ0) is 17.2. The van der Waals surface area contributed by atoms with E-state index in [-0.39, 0.29) is 17.0 Å². The number of aryl methyl sites for hydroxylation is 1. The number of likely N-dealkylation sites (tertiary alicyclic amines) is 1. The van der Waals surface area contributed by atoms with Crippen LogP contribution in [0.3, 0.4) is 0 Å². The summed E-state index contributed by atoms with van der Waals surface area (Å²) >= 11 is 0. The number of hydrogen-bond donors (Lipinski definition) is 2. The van der Waals surface area contributed by atoms with Crippen LogP contribution in [0.5, 0.6) is 0 Å². The van der Waals surface area contributed by atoms with E-state index in [1.54, 1.807) is 19.9 Å². The third-order valence-corrected chi connectivity index (χ3v) is 5.43. The van der Waals surface area contributed by atoms with Gasteiger partial charge in [-0.05, 0) is 37.5 Å². The smallest absolute Gasteiger partial charge is 0.326 e. The van der Waals surface area contributed by atoms with Crippen molar-refractivity contribution in [3.05, 3.63) is 29.3 Å². The van der Waals surface area contributed by atoms with Crippen molar-refractivity contribution in [2.45, 2.75) is 37.6 Å². The van der Waals surface area contributed by atoms with Crippen LogP contribution in [0.1, 0.15) is 35.7 Å². The molecule has 8 heteroatoms.